The summed E-state index contributed by atoms with van der Waals surface area (Å²) in [6, 6.07) is 24.8. The second kappa shape index (κ2) is 8.81. The van der Waals surface area contributed by atoms with Crippen molar-refractivity contribution in [2.45, 2.75) is 13.0 Å². The van der Waals surface area contributed by atoms with Gasteiger partial charge in [-0.05, 0) is 35.4 Å². The zero-order valence-corrected chi connectivity index (χ0v) is 16.8. The van der Waals surface area contributed by atoms with Gasteiger partial charge in [0.15, 0.2) is 11.5 Å². The first-order chi connectivity index (χ1) is 13.3. The largest absolute Gasteiger partial charge is 0.493 e. The molecule has 0 aliphatic heterocycles. The van der Waals surface area contributed by atoms with Crippen molar-refractivity contribution < 1.29 is 9.47 Å². The molecule has 1 aromatic heterocycles. The summed E-state index contributed by atoms with van der Waals surface area (Å²) in [5.41, 5.74) is 4.56. The van der Waals surface area contributed by atoms with Gasteiger partial charge in [-0.2, -0.15) is 0 Å². The SMILES string of the molecule is COc1ccc(Cc2nc3ccccc3n2Cc2ccccc2)cc1OC.Cl. The molecule has 0 saturated carbocycles. The van der Waals surface area contributed by atoms with E-state index in [4.69, 9.17) is 14.5 Å². The van der Waals surface area contributed by atoms with E-state index in [1.807, 2.05) is 24.3 Å². The number of rotatable bonds is 6. The molecule has 144 valence electrons. The molecule has 0 fully saturated rings. The summed E-state index contributed by atoms with van der Waals surface area (Å²) in [5, 5.41) is 0. The average Bonchev–Trinajstić information content (AvgIpc) is 3.05. The van der Waals surface area contributed by atoms with Gasteiger partial charge in [0.05, 0.1) is 25.3 Å². The number of nitrogens with zero attached hydrogens (tertiary/aromatic N) is 2. The lowest BCUT2D eigenvalue weighted by Gasteiger charge is -2.12. The topological polar surface area (TPSA) is 36.3 Å². The molecule has 0 radical (unpaired) electrons. The summed E-state index contributed by atoms with van der Waals surface area (Å²) in [4.78, 5) is 4.89. The van der Waals surface area contributed by atoms with E-state index in [2.05, 4.69) is 53.1 Å². The van der Waals surface area contributed by atoms with Crippen molar-refractivity contribution in [2.75, 3.05) is 14.2 Å². The third-order valence-electron chi connectivity index (χ3n) is 4.73. The van der Waals surface area contributed by atoms with E-state index in [1.165, 1.54) is 5.56 Å². The van der Waals surface area contributed by atoms with Crippen molar-refractivity contribution in [1.82, 2.24) is 9.55 Å². The minimum Gasteiger partial charge on any atom is -0.493 e. The van der Waals surface area contributed by atoms with Crippen LogP contribution >= 0.6 is 12.4 Å². The van der Waals surface area contributed by atoms with Crippen LogP contribution < -0.4 is 9.47 Å². The molecule has 0 N–H and O–H groups in total. The van der Waals surface area contributed by atoms with Crippen LogP contribution in [-0.4, -0.2) is 23.8 Å². The van der Waals surface area contributed by atoms with Crippen molar-refractivity contribution in [3.8, 4) is 11.5 Å². The first-order valence-electron chi connectivity index (χ1n) is 8.97. The average molecular weight is 395 g/mol. The van der Waals surface area contributed by atoms with Crippen molar-refractivity contribution in [3.05, 3.63) is 89.7 Å². The number of imidazole rings is 1. The highest BCUT2D eigenvalue weighted by Gasteiger charge is 2.13. The molecule has 0 atom stereocenters. The lowest BCUT2D eigenvalue weighted by atomic mass is 10.1. The summed E-state index contributed by atoms with van der Waals surface area (Å²) in [6.07, 6.45) is 0.724. The predicted molar refractivity (Wildman–Crippen MR) is 115 cm³/mol. The van der Waals surface area contributed by atoms with Gasteiger partial charge in [-0.25, -0.2) is 4.98 Å². The Morgan fingerprint density at radius 1 is 0.786 bits per heavy atom. The third kappa shape index (κ3) is 3.97. The van der Waals surface area contributed by atoms with Crippen LogP contribution in [0.25, 0.3) is 11.0 Å². The fourth-order valence-electron chi connectivity index (χ4n) is 3.38. The number of fused-ring (bicyclic) bond motifs is 1. The maximum atomic E-state index is 5.45. The van der Waals surface area contributed by atoms with Crippen molar-refractivity contribution >= 4 is 23.4 Å². The number of hydrogen-bond acceptors (Lipinski definition) is 3. The second-order valence-electron chi connectivity index (χ2n) is 6.45. The molecule has 0 spiro atoms. The minimum absolute atomic E-state index is 0. The van der Waals surface area contributed by atoms with Gasteiger partial charge < -0.3 is 14.0 Å². The van der Waals surface area contributed by atoms with Crippen LogP contribution in [-0.2, 0) is 13.0 Å². The van der Waals surface area contributed by atoms with E-state index < -0.39 is 0 Å². The molecular weight excluding hydrogens is 372 g/mol. The molecule has 4 nitrogen and oxygen atoms in total. The molecule has 1 heterocycles. The Hall–Kier alpha value is -2.98. The molecule has 0 bridgehead atoms. The standard InChI is InChI=1S/C23H22N2O2.ClH/c1-26-21-13-12-18(14-22(21)27-2)15-23-24-19-10-6-7-11-20(19)25(23)16-17-8-4-3-5-9-17;/h3-14H,15-16H2,1-2H3;1H. The van der Waals surface area contributed by atoms with Gasteiger partial charge in [0.1, 0.15) is 5.82 Å². The highest BCUT2D eigenvalue weighted by molar-refractivity contribution is 5.85. The second-order valence-corrected chi connectivity index (χ2v) is 6.45. The van der Waals surface area contributed by atoms with Gasteiger partial charge in [-0.1, -0.05) is 48.5 Å². The maximum absolute atomic E-state index is 5.45. The highest BCUT2D eigenvalue weighted by atomic mass is 35.5. The van der Waals surface area contributed by atoms with Gasteiger partial charge >= 0.3 is 0 Å². The Morgan fingerprint density at radius 2 is 1.50 bits per heavy atom. The summed E-state index contributed by atoms with van der Waals surface area (Å²) in [5.74, 6) is 2.51. The zero-order valence-electron chi connectivity index (χ0n) is 16.0. The van der Waals surface area contributed by atoms with Crippen LogP contribution in [0.5, 0.6) is 11.5 Å². The Bertz CT molecular complexity index is 1060. The molecule has 28 heavy (non-hydrogen) atoms. The molecule has 4 rings (SSSR count). The summed E-state index contributed by atoms with van der Waals surface area (Å²) < 4.78 is 13.1. The van der Waals surface area contributed by atoms with Crippen LogP contribution in [0.2, 0.25) is 0 Å². The van der Waals surface area contributed by atoms with Crippen LogP contribution in [0.3, 0.4) is 0 Å². The Balaban J connectivity index is 0.00000225. The van der Waals surface area contributed by atoms with E-state index >= 15 is 0 Å². The van der Waals surface area contributed by atoms with Gasteiger partial charge in [0.2, 0.25) is 0 Å². The number of para-hydroxylation sites is 2. The first kappa shape index (κ1) is 19.8. The lowest BCUT2D eigenvalue weighted by Crippen LogP contribution is -2.06. The Kier molecular flexibility index (Phi) is 6.22. The zero-order chi connectivity index (χ0) is 18.6. The quantitative estimate of drug-likeness (QED) is 0.455. The number of benzene rings is 3. The molecule has 5 heteroatoms. The molecule has 0 aliphatic rings. The van der Waals surface area contributed by atoms with E-state index in [9.17, 15) is 0 Å². The molecule has 0 unspecified atom stereocenters. The fourth-order valence-corrected chi connectivity index (χ4v) is 3.38. The Morgan fingerprint density at radius 3 is 2.25 bits per heavy atom. The number of ether oxygens (including phenoxy) is 2. The van der Waals surface area contributed by atoms with Crippen LogP contribution in [0.15, 0.2) is 72.8 Å². The van der Waals surface area contributed by atoms with Crippen LogP contribution in [0.4, 0.5) is 0 Å². The lowest BCUT2D eigenvalue weighted by molar-refractivity contribution is 0.354. The van der Waals surface area contributed by atoms with E-state index in [1.54, 1.807) is 14.2 Å². The van der Waals surface area contributed by atoms with Gasteiger partial charge in [0.25, 0.3) is 0 Å². The van der Waals surface area contributed by atoms with Gasteiger partial charge in [0, 0.05) is 13.0 Å². The first-order valence-corrected chi connectivity index (χ1v) is 8.97. The van der Waals surface area contributed by atoms with Crippen molar-refractivity contribution in [1.29, 1.82) is 0 Å². The Labute approximate surface area is 171 Å². The van der Waals surface area contributed by atoms with E-state index in [0.717, 1.165) is 46.9 Å². The van der Waals surface area contributed by atoms with Crippen molar-refractivity contribution in [3.63, 3.8) is 0 Å². The molecule has 0 saturated heterocycles. The number of methoxy groups -OCH3 is 2. The smallest absolute Gasteiger partial charge is 0.161 e. The molecule has 0 amide bonds. The monoisotopic (exact) mass is 394 g/mol. The van der Waals surface area contributed by atoms with Crippen LogP contribution in [0, 0.1) is 0 Å². The summed E-state index contributed by atoms with van der Waals surface area (Å²) >= 11 is 0. The number of halogens is 1. The third-order valence-corrected chi connectivity index (χ3v) is 4.73. The summed E-state index contributed by atoms with van der Waals surface area (Å²) in [6.45, 7) is 0.796. The fraction of sp³-hybridized carbons (Fsp3) is 0.174. The molecular formula is C23H23ClN2O2. The van der Waals surface area contributed by atoms with Gasteiger partial charge in [-0.15, -0.1) is 12.4 Å². The number of hydrogen-bond donors (Lipinski definition) is 0. The highest BCUT2D eigenvalue weighted by Crippen LogP contribution is 2.29. The predicted octanol–water partition coefficient (Wildman–Crippen LogP) is 5.11. The minimum atomic E-state index is 0. The number of aromatic nitrogens is 2. The normalized spacial score (nSPS) is 10.5. The molecule has 4 aromatic rings. The summed E-state index contributed by atoms with van der Waals surface area (Å²) in [7, 11) is 3.31. The molecule has 0 aliphatic carbocycles. The molecule has 3 aromatic carbocycles. The van der Waals surface area contributed by atoms with E-state index in [-0.39, 0.29) is 12.4 Å². The van der Waals surface area contributed by atoms with Gasteiger partial charge in [-0.3, -0.25) is 0 Å². The van der Waals surface area contributed by atoms with Crippen molar-refractivity contribution in [2.24, 2.45) is 0 Å². The van der Waals surface area contributed by atoms with Crippen LogP contribution in [0.1, 0.15) is 17.0 Å². The maximum Gasteiger partial charge on any atom is 0.161 e. The van der Waals surface area contributed by atoms with E-state index in [0.29, 0.717) is 0 Å².